The van der Waals surface area contributed by atoms with Gasteiger partial charge in [0.25, 0.3) is 0 Å². The summed E-state index contributed by atoms with van der Waals surface area (Å²) in [6.45, 7) is 4.75. The number of ether oxygens (including phenoxy) is 2. The van der Waals surface area contributed by atoms with Crippen LogP contribution >= 0.6 is 0 Å². The van der Waals surface area contributed by atoms with Crippen molar-refractivity contribution in [2.24, 2.45) is 5.92 Å². The van der Waals surface area contributed by atoms with Crippen molar-refractivity contribution < 1.29 is 19.2 Å². The minimum Gasteiger partial charge on any atom is -0.488 e. The van der Waals surface area contributed by atoms with Crippen molar-refractivity contribution in [1.29, 1.82) is 0 Å². The molecule has 9 heteroatoms. The van der Waals surface area contributed by atoms with Crippen LogP contribution in [0.1, 0.15) is 38.7 Å². The van der Waals surface area contributed by atoms with E-state index in [2.05, 4.69) is 16.2 Å². The molecule has 3 aliphatic rings. The Bertz CT molecular complexity index is 799. The van der Waals surface area contributed by atoms with Gasteiger partial charge in [-0.1, -0.05) is 12.1 Å². The molecule has 4 atom stereocenters. The average molecular weight is 404 g/mol. The number of nitrogens with one attached hydrogen (secondary N) is 3. The number of benzene rings is 1. The van der Waals surface area contributed by atoms with Crippen molar-refractivity contribution in [2.75, 3.05) is 13.2 Å². The Labute approximate surface area is 169 Å². The second-order valence-electron chi connectivity index (χ2n) is 8.71. The second kappa shape index (κ2) is 7.79. The van der Waals surface area contributed by atoms with Gasteiger partial charge < -0.3 is 14.8 Å². The zero-order valence-corrected chi connectivity index (χ0v) is 16.8. The number of amides is 1. The van der Waals surface area contributed by atoms with Crippen LogP contribution in [0.2, 0.25) is 0 Å². The summed E-state index contributed by atoms with van der Waals surface area (Å²) in [5.41, 5.74) is 7.02. The maximum absolute atomic E-state index is 12.6. The summed E-state index contributed by atoms with van der Waals surface area (Å²) in [5, 5.41) is 14.0. The third kappa shape index (κ3) is 4.16. The zero-order valence-electron chi connectivity index (χ0n) is 16.8. The molecule has 0 aromatic heterocycles. The summed E-state index contributed by atoms with van der Waals surface area (Å²) in [6, 6.07) is 4.92. The van der Waals surface area contributed by atoms with Crippen LogP contribution in [0.4, 0.5) is 0 Å². The third-order valence-electron chi connectivity index (χ3n) is 6.02. The molecule has 4 rings (SSSR count). The number of hydrazine groups is 1. The van der Waals surface area contributed by atoms with Crippen LogP contribution in [0.25, 0.3) is 0 Å². The van der Waals surface area contributed by atoms with Crippen LogP contribution in [-0.4, -0.2) is 47.7 Å². The minimum absolute atomic E-state index is 0.0758. The highest BCUT2D eigenvalue weighted by Crippen LogP contribution is 2.41. The van der Waals surface area contributed by atoms with Crippen molar-refractivity contribution in [1.82, 2.24) is 16.2 Å². The molecule has 158 valence electrons. The van der Waals surface area contributed by atoms with Gasteiger partial charge in [0.05, 0.1) is 6.54 Å². The SMILES string of the molecule is CC1(C)Cc2cccc(OCCNC(=O)C3NNC4CCC([N+](=O)[O-])CC43)c2O1. The minimum atomic E-state index is -0.569. The van der Waals surface area contributed by atoms with Crippen molar-refractivity contribution >= 4 is 5.91 Å². The van der Waals surface area contributed by atoms with Gasteiger partial charge in [0.2, 0.25) is 11.9 Å². The van der Waals surface area contributed by atoms with Gasteiger partial charge in [-0.3, -0.25) is 20.3 Å². The summed E-state index contributed by atoms with van der Waals surface area (Å²) >= 11 is 0. The molecule has 0 spiro atoms. The smallest absolute Gasteiger partial charge is 0.238 e. The monoisotopic (exact) mass is 404 g/mol. The molecular formula is C20H28N4O5. The molecule has 1 amide bonds. The summed E-state index contributed by atoms with van der Waals surface area (Å²) in [6.07, 6.45) is 2.50. The van der Waals surface area contributed by atoms with Crippen LogP contribution in [0.3, 0.4) is 0 Å². The van der Waals surface area contributed by atoms with Gasteiger partial charge in [-0.25, -0.2) is 5.43 Å². The van der Waals surface area contributed by atoms with Crippen LogP contribution in [0.5, 0.6) is 11.5 Å². The third-order valence-corrected chi connectivity index (χ3v) is 6.02. The lowest BCUT2D eigenvalue weighted by atomic mass is 9.79. The number of hydrogen-bond acceptors (Lipinski definition) is 7. The van der Waals surface area contributed by atoms with Gasteiger partial charge >= 0.3 is 0 Å². The van der Waals surface area contributed by atoms with E-state index in [-0.39, 0.29) is 28.4 Å². The normalized spacial score (nSPS) is 29.4. The lowest BCUT2D eigenvalue weighted by Crippen LogP contribution is -2.47. The fraction of sp³-hybridized carbons (Fsp3) is 0.650. The maximum Gasteiger partial charge on any atom is 0.238 e. The first kappa shape index (κ1) is 19.9. The van der Waals surface area contributed by atoms with Gasteiger partial charge in [0.1, 0.15) is 18.2 Å². The molecule has 9 nitrogen and oxygen atoms in total. The van der Waals surface area contributed by atoms with Crippen LogP contribution < -0.4 is 25.6 Å². The van der Waals surface area contributed by atoms with E-state index in [0.29, 0.717) is 38.2 Å². The lowest BCUT2D eigenvalue weighted by Gasteiger charge is -2.28. The number of rotatable bonds is 6. The standard InChI is InChI=1S/C20H28N4O5/c1-20(2)11-12-4-3-5-16(18(12)29-20)28-9-8-21-19(25)17-14-10-13(24(26)27)6-7-15(14)22-23-17/h3-5,13-15,17,22-23H,6-11H2,1-2H3,(H,21,25). The lowest BCUT2D eigenvalue weighted by molar-refractivity contribution is -0.528. The molecule has 4 unspecified atom stereocenters. The van der Waals surface area contributed by atoms with Gasteiger partial charge in [0, 0.05) is 41.7 Å². The van der Waals surface area contributed by atoms with Crippen LogP contribution in [0.15, 0.2) is 18.2 Å². The molecule has 3 N–H and O–H groups in total. The highest BCUT2D eigenvalue weighted by atomic mass is 16.6. The van der Waals surface area contributed by atoms with Crippen molar-refractivity contribution in [3.63, 3.8) is 0 Å². The van der Waals surface area contributed by atoms with E-state index < -0.39 is 12.1 Å². The molecule has 1 aliphatic carbocycles. The molecule has 1 aromatic carbocycles. The number of hydrogen-bond donors (Lipinski definition) is 3. The van der Waals surface area contributed by atoms with Gasteiger partial charge in [-0.05, 0) is 26.3 Å². The van der Waals surface area contributed by atoms with E-state index in [1.807, 2.05) is 32.0 Å². The Morgan fingerprint density at radius 2 is 2.21 bits per heavy atom. The second-order valence-corrected chi connectivity index (χ2v) is 8.71. The van der Waals surface area contributed by atoms with Crippen molar-refractivity contribution in [3.8, 4) is 11.5 Å². The number of carbonyl (C=O) groups excluding carboxylic acids is 1. The molecule has 2 heterocycles. The summed E-state index contributed by atoms with van der Waals surface area (Å²) in [5.74, 6) is 1.23. The molecule has 29 heavy (non-hydrogen) atoms. The van der Waals surface area contributed by atoms with E-state index in [9.17, 15) is 14.9 Å². The highest BCUT2D eigenvalue weighted by molar-refractivity contribution is 5.82. The topological polar surface area (TPSA) is 115 Å². The molecule has 0 bridgehead atoms. The Kier molecular flexibility index (Phi) is 5.35. The zero-order chi connectivity index (χ0) is 20.6. The first-order chi connectivity index (χ1) is 13.8. The fourth-order valence-corrected chi connectivity index (χ4v) is 4.63. The quantitative estimate of drug-likeness (QED) is 0.371. The molecule has 1 saturated heterocycles. The summed E-state index contributed by atoms with van der Waals surface area (Å²) < 4.78 is 11.8. The molecular weight excluding hydrogens is 376 g/mol. The summed E-state index contributed by atoms with van der Waals surface area (Å²) in [7, 11) is 0. The van der Waals surface area contributed by atoms with Crippen molar-refractivity contribution in [2.45, 2.75) is 63.3 Å². The van der Waals surface area contributed by atoms with E-state index in [0.717, 1.165) is 17.7 Å². The van der Waals surface area contributed by atoms with Gasteiger partial charge in [-0.15, -0.1) is 0 Å². The average Bonchev–Trinajstić information content (AvgIpc) is 3.23. The molecule has 1 aromatic rings. The Balaban J connectivity index is 1.27. The number of nitro groups is 1. The van der Waals surface area contributed by atoms with E-state index >= 15 is 0 Å². The Morgan fingerprint density at radius 1 is 1.38 bits per heavy atom. The number of nitrogens with zero attached hydrogens (tertiary/aromatic N) is 1. The highest BCUT2D eigenvalue weighted by Gasteiger charge is 2.46. The molecule has 2 fully saturated rings. The predicted molar refractivity (Wildman–Crippen MR) is 105 cm³/mol. The molecule has 2 aliphatic heterocycles. The Hall–Kier alpha value is -2.39. The molecule has 1 saturated carbocycles. The molecule has 0 radical (unpaired) electrons. The number of fused-ring (bicyclic) bond motifs is 2. The number of carbonyl (C=O) groups is 1. The predicted octanol–water partition coefficient (Wildman–Crippen LogP) is 1.19. The number of para-hydroxylation sites is 1. The van der Waals surface area contributed by atoms with Gasteiger partial charge in [0.15, 0.2) is 11.5 Å². The maximum atomic E-state index is 12.6. The first-order valence-electron chi connectivity index (χ1n) is 10.2. The van der Waals surface area contributed by atoms with E-state index in [1.165, 1.54) is 0 Å². The van der Waals surface area contributed by atoms with Crippen LogP contribution in [-0.2, 0) is 11.2 Å². The summed E-state index contributed by atoms with van der Waals surface area (Å²) in [4.78, 5) is 23.5. The Morgan fingerprint density at radius 3 is 3.00 bits per heavy atom. The van der Waals surface area contributed by atoms with E-state index in [4.69, 9.17) is 9.47 Å². The first-order valence-corrected chi connectivity index (χ1v) is 10.2. The fourth-order valence-electron chi connectivity index (χ4n) is 4.63. The van der Waals surface area contributed by atoms with Crippen molar-refractivity contribution in [3.05, 3.63) is 33.9 Å². The largest absolute Gasteiger partial charge is 0.488 e. The van der Waals surface area contributed by atoms with Crippen LogP contribution in [0, 0.1) is 16.0 Å². The van der Waals surface area contributed by atoms with Gasteiger partial charge in [-0.2, -0.15) is 0 Å². The van der Waals surface area contributed by atoms with E-state index in [1.54, 1.807) is 0 Å².